The number of pyridine rings is 1. The normalized spacial score (nSPS) is 22.9. The molecule has 0 bridgehead atoms. The smallest absolute Gasteiger partial charge is 0.254 e. The summed E-state index contributed by atoms with van der Waals surface area (Å²) in [6.07, 6.45) is 4.08. The number of hydrogen-bond donors (Lipinski definition) is 1. The maximum absolute atomic E-state index is 13.6. The molecule has 1 saturated heterocycles. The van der Waals surface area contributed by atoms with Crippen LogP contribution < -0.4 is 5.73 Å². The van der Waals surface area contributed by atoms with Crippen molar-refractivity contribution in [3.63, 3.8) is 0 Å². The molecule has 4 heteroatoms. The summed E-state index contributed by atoms with van der Waals surface area (Å²) in [4.78, 5) is 20.6. The Kier molecular flexibility index (Phi) is 4.71. The summed E-state index contributed by atoms with van der Waals surface area (Å²) in [5.41, 5.74) is 10.3. The van der Waals surface area contributed by atoms with Gasteiger partial charge in [0.15, 0.2) is 0 Å². The quantitative estimate of drug-likeness (QED) is 0.880. The number of likely N-dealkylation sites (tertiary alicyclic amines) is 1. The van der Waals surface area contributed by atoms with Crippen LogP contribution in [0.5, 0.6) is 0 Å². The number of benzene rings is 1. The van der Waals surface area contributed by atoms with Crippen molar-refractivity contribution in [1.29, 1.82) is 0 Å². The SMILES string of the molecule is CC(C)(C)C1CCc2nc3ccccc3c(C(=O)N3CCC(CN)C3)c2C1. The Morgan fingerprint density at radius 1 is 1.26 bits per heavy atom. The average molecular weight is 366 g/mol. The summed E-state index contributed by atoms with van der Waals surface area (Å²) in [5.74, 6) is 1.19. The van der Waals surface area contributed by atoms with E-state index in [2.05, 4.69) is 26.8 Å². The van der Waals surface area contributed by atoms with Gasteiger partial charge in [-0.2, -0.15) is 0 Å². The molecule has 1 aliphatic heterocycles. The van der Waals surface area contributed by atoms with Crippen molar-refractivity contribution >= 4 is 16.8 Å². The number of carbonyl (C=O) groups excluding carboxylic acids is 1. The second-order valence-electron chi connectivity index (χ2n) is 9.38. The maximum Gasteiger partial charge on any atom is 0.254 e. The van der Waals surface area contributed by atoms with Gasteiger partial charge in [-0.05, 0) is 61.1 Å². The van der Waals surface area contributed by atoms with Crippen LogP contribution in [0.4, 0.5) is 0 Å². The second-order valence-corrected chi connectivity index (χ2v) is 9.38. The minimum absolute atomic E-state index is 0.176. The highest BCUT2D eigenvalue weighted by molar-refractivity contribution is 6.07. The zero-order valence-electron chi connectivity index (χ0n) is 16.8. The fraction of sp³-hybridized carbons (Fsp3) is 0.565. The lowest BCUT2D eigenvalue weighted by molar-refractivity contribution is 0.0786. The lowest BCUT2D eigenvalue weighted by Crippen LogP contribution is -2.33. The molecule has 2 heterocycles. The molecule has 2 aromatic rings. The first-order valence-corrected chi connectivity index (χ1v) is 10.3. The number of amides is 1. The highest BCUT2D eigenvalue weighted by Crippen LogP contribution is 2.40. The summed E-state index contributed by atoms with van der Waals surface area (Å²) in [7, 11) is 0. The molecule has 0 radical (unpaired) electrons. The second kappa shape index (κ2) is 6.90. The number of carbonyl (C=O) groups is 1. The monoisotopic (exact) mass is 365 g/mol. The zero-order valence-corrected chi connectivity index (χ0v) is 16.8. The fourth-order valence-electron chi connectivity index (χ4n) is 4.74. The summed E-state index contributed by atoms with van der Waals surface area (Å²) < 4.78 is 0. The van der Waals surface area contributed by atoms with Crippen molar-refractivity contribution in [3.8, 4) is 0 Å². The largest absolute Gasteiger partial charge is 0.338 e. The Hall–Kier alpha value is -1.94. The van der Waals surface area contributed by atoms with E-state index >= 15 is 0 Å². The van der Waals surface area contributed by atoms with Gasteiger partial charge in [0, 0.05) is 24.2 Å². The van der Waals surface area contributed by atoms with Crippen LogP contribution in [0.25, 0.3) is 10.9 Å². The van der Waals surface area contributed by atoms with Crippen LogP contribution >= 0.6 is 0 Å². The molecule has 1 amide bonds. The van der Waals surface area contributed by atoms with Crippen molar-refractivity contribution in [1.82, 2.24) is 9.88 Å². The average Bonchev–Trinajstić information content (AvgIpc) is 3.13. The van der Waals surface area contributed by atoms with E-state index in [1.165, 1.54) is 5.56 Å². The molecule has 1 aromatic heterocycles. The van der Waals surface area contributed by atoms with E-state index < -0.39 is 0 Å². The van der Waals surface area contributed by atoms with Gasteiger partial charge in [-0.25, -0.2) is 0 Å². The molecule has 2 aliphatic rings. The van der Waals surface area contributed by atoms with Gasteiger partial charge in [0.1, 0.15) is 0 Å². The van der Waals surface area contributed by atoms with Crippen LogP contribution in [0.2, 0.25) is 0 Å². The number of nitrogens with two attached hydrogens (primary N) is 1. The number of nitrogens with zero attached hydrogens (tertiary/aromatic N) is 2. The molecule has 2 atom stereocenters. The van der Waals surface area contributed by atoms with E-state index in [-0.39, 0.29) is 11.3 Å². The first-order chi connectivity index (χ1) is 12.9. The molecule has 2 N–H and O–H groups in total. The van der Waals surface area contributed by atoms with Gasteiger partial charge in [0.2, 0.25) is 0 Å². The van der Waals surface area contributed by atoms with Crippen molar-refractivity contribution in [2.24, 2.45) is 23.0 Å². The van der Waals surface area contributed by atoms with Gasteiger partial charge < -0.3 is 10.6 Å². The molecule has 1 aromatic carbocycles. The first-order valence-electron chi connectivity index (χ1n) is 10.3. The number of hydrogen-bond acceptors (Lipinski definition) is 3. The number of para-hydroxylation sites is 1. The van der Waals surface area contributed by atoms with E-state index in [9.17, 15) is 4.79 Å². The van der Waals surface area contributed by atoms with Crippen LogP contribution in [0.3, 0.4) is 0 Å². The molecule has 0 spiro atoms. The van der Waals surface area contributed by atoms with Crippen LogP contribution in [0.15, 0.2) is 24.3 Å². The molecule has 0 saturated carbocycles. The Bertz CT molecular complexity index is 868. The minimum atomic E-state index is 0.176. The Morgan fingerprint density at radius 2 is 2.04 bits per heavy atom. The van der Waals surface area contributed by atoms with Gasteiger partial charge in [-0.1, -0.05) is 39.0 Å². The number of rotatable bonds is 2. The van der Waals surface area contributed by atoms with Crippen LogP contribution in [0.1, 0.15) is 55.2 Å². The Labute approximate surface area is 162 Å². The van der Waals surface area contributed by atoms with Gasteiger partial charge in [0.25, 0.3) is 5.91 Å². The van der Waals surface area contributed by atoms with E-state index in [1.54, 1.807) is 0 Å². The minimum Gasteiger partial charge on any atom is -0.338 e. The molecule has 144 valence electrons. The van der Waals surface area contributed by atoms with Gasteiger partial charge >= 0.3 is 0 Å². The third-order valence-corrected chi connectivity index (χ3v) is 6.60. The van der Waals surface area contributed by atoms with Crippen LogP contribution in [-0.2, 0) is 12.8 Å². The Balaban J connectivity index is 1.82. The van der Waals surface area contributed by atoms with E-state index in [1.807, 2.05) is 23.1 Å². The van der Waals surface area contributed by atoms with Crippen molar-refractivity contribution in [2.75, 3.05) is 19.6 Å². The number of aromatic nitrogens is 1. The fourth-order valence-corrected chi connectivity index (χ4v) is 4.74. The molecule has 2 unspecified atom stereocenters. The summed E-state index contributed by atoms with van der Waals surface area (Å²) >= 11 is 0. The summed E-state index contributed by atoms with van der Waals surface area (Å²) in [6.45, 7) is 9.18. The van der Waals surface area contributed by atoms with Crippen molar-refractivity contribution in [3.05, 3.63) is 41.1 Å². The molecule has 4 nitrogen and oxygen atoms in total. The lowest BCUT2D eigenvalue weighted by atomic mass is 9.70. The summed E-state index contributed by atoms with van der Waals surface area (Å²) in [5, 5.41) is 1.01. The Morgan fingerprint density at radius 3 is 2.74 bits per heavy atom. The maximum atomic E-state index is 13.6. The number of aryl methyl sites for hydroxylation is 1. The van der Waals surface area contributed by atoms with Gasteiger partial charge in [-0.15, -0.1) is 0 Å². The standard InChI is InChI=1S/C23H31N3O/c1-23(2,3)16-8-9-20-18(12-16)21(17-6-4-5-7-19(17)25-20)22(27)26-11-10-15(13-24)14-26/h4-7,15-16H,8-14,24H2,1-3H3. The predicted molar refractivity (Wildman–Crippen MR) is 110 cm³/mol. The topological polar surface area (TPSA) is 59.2 Å². The lowest BCUT2D eigenvalue weighted by Gasteiger charge is -2.36. The van der Waals surface area contributed by atoms with E-state index in [0.29, 0.717) is 18.4 Å². The summed E-state index contributed by atoms with van der Waals surface area (Å²) in [6, 6.07) is 8.13. The molecule has 4 rings (SSSR count). The van der Waals surface area contributed by atoms with Gasteiger partial charge in [-0.3, -0.25) is 9.78 Å². The molecular formula is C23H31N3O. The third-order valence-electron chi connectivity index (χ3n) is 6.60. The highest BCUT2D eigenvalue weighted by atomic mass is 16.2. The molecule has 1 fully saturated rings. The predicted octanol–water partition coefficient (Wildman–Crippen LogP) is 3.81. The first kappa shape index (κ1) is 18.4. The molecular weight excluding hydrogens is 334 g/mol. The van der Waals surface area contributed by atoms with Crippen molar-refractivity contribution < 1.29 is 4.79 Å². The molecule has 1 aliphatic carbocycles. The molecule has 27 heavy (non-hydrogen) atoms. The zero-order chi connectivity index (χ0) is 19.2. The third kappa shape index (κ3) is 3.36. The van der Waals surface area contributed by atoms with Crippen LogP contribution in [0, 0.1) is 17.3 Å². The van der Waals surface area contributed by atoms with Crippen LogP contribution in [-0.4, -0.2) is 35.4 Å². The van der Waals surface area contributed by atoms with Crippen molar-refractivity contribution in [2.45, 2.75) is 46.5 Å². The van der Waals surface area contributed by atoms with Gasteiger partial charge in [0.05, 0.1) is 11.1 Å². The number of fused-ring (bicyclic) bond motifs is 2. The van der Waals surface area contributed by atoms with E-state index in [4.69, 9.17) is 10.7 Å². The van der Waals surface area contributed by atoms with E-state index in [0.717, 1.165) is 60.9 Å². The highest BCUT2D eigenvalue weighted by Gasteiger charge is 2.35.